The minimum Gasteiger partial charge on any atom is -0.339 e. The number of likely N-dealkylation sites (tertiary alicyclic amines) is 1. The molecule has 3 aliphatic rings. The number of rotatable bonds is 5. The van der Waals surface area contributed by atoms with E-state index in [1.807, 2.05) is 0 Å². The van der Waals surface area contributed by atoms with Crippen LogP contribution in [0, 0.1) is 5.92 Å². The van der Waals surface area contributed by atoms with Gasteiger partial charge in [-0.1, -0.05) is 24.6 Å². The van der Waals surface area contributed by atoms with Gasteiger partial charge in [0.15, 0.2) is 5.16 Å². The molecule has 6 heteroatoms. The van der Waals surface area contributed by atoms with Gasteiger partial charge in [-0.25, -0.2) is 0 Å². The Morgan fingerprint density at radius 2 is 1.92 bits per heavy atom. The van der Waals surface area contributed by atoms with Crippen LogP contribution < -0.4 is 0 Å². The van der Waals surface area contributed by atoms with Crippen molar-refractivity contribution in [2.24, 2.45) is 5.92 Å². The van der Waals surface area contributed by atoms with E-state index in [4.69, 9.17) is 0 Å². The molecule has 0 aromatic carbocycles. The van der Waals surface area contributed by atoms with Gasteiger partial charge in [0.05, 0.1) is 5.75 Å². The molecule has 2 saturated carbocycles. The van der Waals surface area contributed by atoms with Crippen LogP contribution in [-0.2, 0) is 11.3 Å². The molecule has 1 aromatic heterocycles. The number of aromatic nitrogens is 3. The molecule has 0 radical (unpaired) electrons. The van der Waals surface area contributed by atoms with Gasteiger partial charge in [-0.05, 0) is 51.4 Å². The second kappa shape index (κ2) is 7.06. The van der Waals surface area contributed by atoms with Gasteiger partial charge in [0, 0.05) is 25.0 Å². The van der Waals surface area contributed by atoms with Crippen molar-refractivity contribution in [3.8, 4) is 0 Å². The molecule has 5 nitrogen and oxygen atoms in total. The van der Waals surface area contributed by atoms with Crippen LogP contribution in [0.3, 0.4) is 0 Å². The second-order valence-corrected chi connectivity index (χ2v) is 8.43. The largest absolute Gasteiger partial charge is 0.339 e. The van der Waals surface area contributed by atoms with Gasteiger partial charge in [-0.15, -0.1) is 10.2 Å². The molecule has 1 aliphatic heterocycles. The van der Waals surface area contributed by atoms with Crippen LogP contribution in [0.4, 0.5) is 0 Å². The Balaban J connectivity index is 1.39. The molecule has 0 bridgehead atoms. The Morgan fingerprint density at radius 3 is 2.71 bits per heavy atom. The molecule has 24 heavy (non-hydrogen) atoms. The first-order valence-corrected chi connectivity index (χ1v) is 10.6. The smallest absolute Gasteiger partial charge is 0.233 e. The summed E-state index contributed by atoms with van der Waals surface area (Å²) in [7, 11) is 0. The molecule has 2 heterocycles. The van der Waals surface area contributed by atoms with E-state index in [1.54, 1.807) is 11.8 Å². The number of piperidine rings is 1. The lowest BCUT2D eigenvalue weighted by atomic mass is 9.78. The van der Waals surface area contributed by atoms with Crippen LogP contribution in [0.2, 0.25) is 0 Å². The highest BCUT2D eigenvalue weighted by Gasteiger charge is 2.36. The van der Waals surface area contributed by atoms with Gasteiger partial charge in [0.2, 0.25) is 5.91 Å². The average molecular weight is 349 g/mol. The van der Waals surface area contributed by atoms with Crippen LogP contribution in [-0.4, -0.2) is 43.9 Å². The topological polar surface area (TPSA) is 51.0 Å². The zero-order chi connectivity index (χ0) is 16.5. The van der Waals surface area contributed by atoms with E-state index < -0.39 is 0 Å². The second-order valence-electron chi connectivity index (χ2n) is 7.49. The standard InChI is InChI=1S/C18H28N4OS/c1-2-21-17(14-9-10-14)19-20-18(21)24-12-16(23)22-11-5-7-13-6-3-4-8-15(13)22/h13-15H,2-12H2,1H3. The molecule has 1 amide bonds. The monoisotopic (exact) mass is 348 g/mol. The van der Waals surface area contributed by atoms with Crippen LogP contribution in [0.15, 0.2) is 5.16 Å². The van der Waals surface area contributed by atoms with E-state index in [0.717, 1.165) is 30.0 Å². The van der Waals surface area contributed by atoms with Crippen molar-refractivity contribution in [1.82, 2.24) is 19.7 Å². The van der Waals surface area contributed by atoms with Crippen LogP contribution in [0.25, 0.3) is 0 Å². The lowest BCUT2D eigenvalue weighted by Crippen LogP contribution is -2.50. The summed E-state index contributed by atoms with van der Waals surface area (Å²) in [6.07, 6.45) is 10.1. The number of fused-ring (bicyclic) bond motifs is 1. The molecule has 0 spiro atoms. The van der Waals surface area contributed by atoms with Crippen molar-refractivity contribution < 1.29 is 4.79 Å². The fraction of sp³-hybridized carbons (Fsp3) is 0.833. The zero-order valence-electron chi connectivity index (χ0n) is 14.6. The number of hydrogen-bond donors (Lipinski definition) is 0. The Bertz CT molecular complexity index is 596. The molecular formula is C18H28N4OS. The van der Waals surface area contributed by atoms with E-state index in [2.05, 4.69) is 26.6 Å². The van der Waals surface area contributed by atoms with Crippen molar-refractivity contribution >= 4 is 17.7 Å². The van der Waals surface area contributed by atoms with Crippen molar-refractivity contribution in [2.45, 2.75) is 82.0 Å². The lowest BCUT2D eigenvalue weighted by molar-refractivity contribution is -0.134. The summed E-state index contributed by atoms with van der Waals surface area (Å²) in [6, 6.07) is 0.506. The molecule has 1 aromatic rings. The number of thioether (sulfide) groups is 1. The summed E-state index contributed by atoms with van der Waals surface area (Å²) in [5, 5.41) is 9.65. The number of carbonyl (C=O) groups excluding carboxylic acids is 1. The molecule has 132 valence electrons. The molecule has 3 fully saturated rings. The Morgan fingerprint density at radius 1 is 1.12 bits per heavy atom. The first kappa shape index (κ1) is 16.4. The van der Waals surface area contributed by atoms with E-state index in [9.17, 15) is 4.79 Å². The predicted molar refractivity (Wildman–Crippen MR) is 95.1 cm³/mol. The van der Waals surface area contributed by atoms with Crippen LogP contribution in [0.5, 0.6) is 0 Å². The predicted octanol–water partition coefficient (Wildman–Crippen LogP) is 3.45. The van der Waals surface area contributed by atoms with E-state index in [-0.39, 0.29) is 0 Å². The van der Waals surface area contributed by atoms with Crippen molar-refractivity contribution in [1.29, 1.82) is 0 Å². The first-order valence-electron chi connectivity index (χ1n) is 9.63. The summed E-state index contributed by atoms with van der Waals surface area (Å²) in [5.74, 6) is 3.29. The summed E-state index contributed by atoms with van der Waals surface area (Å²) in [4.78, 5) is 15.0. The minimum absolute atomic E-state index is 0.301. The molecule has 4 rings (SSSR count). The van der Waals surface area contributed by atoms with Crippen molar-refractivity contribution in [3.05, 3.63) is 5.82 Å². The maximum atomic E-state index is 12.8. The third-order valence-corrected chi connectivity index (χ3v) is 6.84. The molecule has 0 N–H and O–H groups in total. The van der Waals surface area contributed by atoms with Gasteiger partial charge in [-0.3, -0.25) is 4.79 Å². The zero-order valence-corrected chi connectivity index (χ0v) is 15.4. The quantitative estimate of drug-likeness (QED) is 0.765. The molecule has 2 aliphatic carbocycles. The normalized spacial score (nSPS) is 27.1. The number of carbonyl (C=O) groups is 1. The number of hydrogen-bond acceptors (Lipinski definition) is 4. The summed E-state index contributed by atoms with van der Waals surface area (Å²) >= 11 is 1.58. The van der Waals surface area contributed by atoms with Crippen molar-refractivity contribution in [2.75, 3.05) is 12.3 Å². The summed E-state index contributed by atoms with van der Waals surface area (Å²) in [6.45, 7) is 3.98. The first-order chi connectivity index (χ1) is 11.8. The van der Waals surface area contributed by atoms with Gasteiger partial charge >= 0.3 is 0 Å². The summed E-state index contributed by atoms with van der Waals surface area (Å²) in [5.41, 5.74) is 0. The van der Waals surface area contributed by atoms with Crippen LogP contribution in [0.1, 0.15) is 70.0 Å². The van der Waals surface area contributed by atoms with Gasteiger partial charge in [0.1, 0.15) is 5.82 Å². The maximum absolute atomic E-state index is 12.8. The average Bonchev–Trinajstić information content (AvgIpc) is 3.39. The van der Waals surface area contributed by atoms with E-state index in [0.29, 0.717) is 23.6 Å². The summed E-state index contributed by atoms with van der Waals surface area (Å²) < 4.78 is 2.20. The maximum Gasteiger partial charge on any atom is 0.233 e. The van der Waals surface area contributed by atoms with Crippen molar-refractivity contribution in [3.63, 3.8) is 0 Å². The lowest BCUT2D eigenvalue weighted by Gasteiger charge is -2.44. The highest BCUT2D eigenvalue weighted by molar-refractivity contribution is 7.99. The molecule has 1 saturated heterocycles. The molecule has 2 unspecified atom stereocenters. The van der Waals surface area contributed by atoms with Crippen LogP contribution >= 0.6 is 11.8 Å². The van der Waals surface area contributed by atoms with Gasteiger partial charge < -0.3 is 9.47 Å². The van der Waals surface area contributed by atoms with E-state index in [1.165, 1.54) is 51.4 Å². The number of nitrogens with zero attached hydrogens (tertiary/aromatic N) is 4. The molecule has 2 atom stereocenters. The number of amides is 1. The Labute approximate surface area is 148 Å². The third-order valence-electron chi connectivity index (χ3n) is 5.89. The highest BCUT2D eigenvalue weighted by atomic mass is 32.2. The Kier molecular flexibility index (Phi) is 4.83. The Hall–Kier alpha value is -1.04. The van der Waals surface area contributed by atoms with Gasteiger partial charge in [0.25, 0.3) is 0 Å². The fourth-order valence-corrected chi connectivity index (χ4v) is 5.39. The van der Waals surface area contributed by atoms with Gasteiger partial charge in [-0.2, -0.15) is 0 Å². The van der Waals surface area contributed by atoms with E-state index >= 15 is 0 Å². The fourth-order valence-electron chi connectivity index (χ4n) is 4.49. The highest BCUT2D eigenvalue weighted by Crippen LogP contribution is 2.40. The molecular weight excluding hydrogens is 320 g/mol. The minimum atomic E-state index is 0.301. The third kappa shape index (κ3) is 3.22. The SMILES string of the molecule is CCn1c(SCC(=O)N2CCCC3CCCCC32)nnc1C1CC1.